The van der Waals surface area contributed by atoms with Crippen LogP contribution in [0.25, 0.3) is 0 Å². The zero-order chi connectivity index (χ0) is 11.8. The highest BCUT2D eigenvalue weighted by Crippen LogP contribution is 2.17. The number of aromatic nitrogens is 1. The van der Waals surface area contributed by atoms with Gasteiger partial charge in [-0.3, -0.25) is 4.98 Å². The highest BCUT2D eigenvalue weighted by molar-refractivity contribution is 5.29. The Morgan fingerprint density at radius 1 is 1.25 bits per heavy atom. The fourth-order valence-electron chi connectivity index (χ4n) is 1.59. The summed E-state index contributed by atoms with van der Waals surface area (Å²) >= 11 is 0. The molecule has 0 aliphatic rings. The summed E-state index contributed by atoms with van der Waals surface area (Å²) < 4.78 is 5.73. The van der Waals surface area contributed by atoms with Gasteiger partial charge in [0.1, 0.15) is 5.75 Å². The molecule has 0 radical (unpaired) electrons. The molecule has 1 aromatic heterocycles. The first-order valence-corrected chi connectivity index (χ1v) is 6.07. The van der Waals surface area contributed by atoms with E-state index >= 15 is 0 Å². The predicted octanol–water partition coefficient (Wildman–Crippen LogP) is 2.46. The van der Waals surface area contributed by atoms with Crippen molar-refractivity contribution < 1.29 is 4.74 Å². The van der Waals surface area contributed by atoms with Crippen LogP contribution in [0.3, 0.4) is 0 Å². The number of nitrogens with two attached hydrogens (primary N) is 1. The first-order chi connectivity index (χ1) is 7.77. The monoisotopic (exact) mass is 222 g/mol. The summed E-state index contributed by atoms with van der Waals surface area (Å²) in [6, 6.07) is 4.01. The van der Waals surface area contributed by atoms with Crippen LogP contribution in [0.15, 0.2) is 12.1 Å². The van der Waals surface area contributed by atoms with Gasteiger partial charge in [-0.15, -0.1) is 0 Å². The summed E-state index contributed by atoms with van der Waals surface area (Å²) in [6.07, 6.45) is 4.20. The number of nitrogens with zero attached hydrogens (tertiary/aromatic N) is 1. The number of hydrogen-bond donors (Lipinski definition) is 1. The van der Waals surface area contributed by atoms with Crippen molar-refractivity contribution in [1.82, 2.24) is 4.98 Å². The molecule has 0 spiro atoms. The molecule has 1 heterocycles. The number of aryl methyl sites for hydroxylation is 2. The molecule has 0 aliphatic heterocycles. The molecular weight excluding hydrogens is 200 g/mol. The maximum absolute atomic E-state index is 5.73. The van der Waals surface area contributed by atoms with E-state index in [-0.39, 0.29) is 0 Å². The summed E-state index contributed by atoms with van der Waals surface area (Å²) in [4.78, 5) is 4.46. The Hall–Kier alpha value is -1.09. The first kappa shape index (κ1) is 13.0. The molecule has 0 aliphatic carbocycles. The fourth-order valence-corrected chi connectivity index (χ4v) is 1.59. The van der Waals surface area contributed by atoms with Crippen LogP contribution >= 0.6 is 0 Å². The van der Waals surface area contributed by atoms with Crippen molar-refractivity contribution in [3.63, 3.8) is 0 Å². The zero-order valence-corrected chi connectivity index (χ0v) is 10.3. The highest BCUT2D eigenvalue weighted by Gasteiger charge is 2.03. The lowest BCUT2D eigenvalue weighted by Gasteiger charge is -2.10. The minimum absolute atomic E-state index is 0.762. The normalized spacial score (nSPS) is 10.4. The van der Waals surface area contributed by atoms with Crippen molar-refractivity contribution in [2.75, 3.05) is 13.2 Å². The molecule has 0 aromatic carbocycles. The molecular formula is C13H22N2O. The average Bonchev–Trinajstić information content (AvgIpc) is 2.30. The minimum atomic E-state index is 0.762. The lowest BCUT2D eigenvalue weighted by molar-refractivity contribution is 0.301. The van der Waals surface area contributed by atoms with E-state index in [2.05, 4.69) is 11.9 Å². The first-order valence-electron chi connectivity index (χ1n) is 6.07. The molecule has 2 N–H and O–H groups in total. The van der Waals surface area contributed by atoms with Crippen molar-refractivity contribution in [2.24, 2.45) is 5.73 Å². The molecule has 0 atom stereocenters. The molecule has 0 saturated carbocycles. The van der Waals surface area contributed by atoms with E-state index < -0.39 is 0 Å². The van der Waals surface area contributed by atoms with Crippen LogP contribution in [0.1, 0.15) is 37.6 Å². The summed E-state index contributed by atoms with van der Waals surface area (Å²) in [7, 11) is 0. The van der Waals surface area contributed by atoms with Crippen molar-refractivity contribution >= 4 is 0 Å². The van der Waals surface area contributed by atoms with Crippen LogP contribution in [0.2, 0.25) is 0 Å². The maximum Gasteiger partial charge on any atom is 0.140 e. The maximum atomic E-state index is 5.73. The summed E-state index contributed by atoms with van der Waals surface area (Å²) in [5.41, 5.74) is 7.54. The van der Waals surface area contributed by atoms with Gasteiger partial charge in [-0.1, -0.05) is 6.92 Å². The molecule has 3 heteroatoms. The van der Waals surface area contributed by atoms with Crippen LogP contribution in [-0.2, 0) is 6.42 Å². The second-order valence-electron chi connectivity index (χ2n) is 3.95. The third kappa shape index (κ3) is 4.19. The van der Waals surface area contributed by atoms with E-state index in [1.165, 1.54) is 0 Å². The smallest absolute Gasteiger partial charge is 0.140 e. The molecule has 0 saturated heterocycles. The van der Waals surface area contributed by atoms with Crippen LogP contribution in [0.4, 0.5) is 0 Å². The molecule has 0 amide bonds. The second-order valence-corrected chi connectivity index (χ2v) is 3.95. The van der Waals surface area contributed by atoms with Crippen LogP contribution < -0.4 is 10.5 Å². The van der Waals surface area contributed by atoms with Gasteiger partial charge in [0, 0.05) is 5.69 Å². The fraction of sp³-hybridized carbons (Fsp3) is 0.615. The van der Waals surface area contributed by atoms with Crippen molar-refractivity contribution in [2.45, 2.75) is 39.5 Å². The number of pyridine rings is 1. The second kappa shape index (κ2) is 7.23. The Labute approximate surface area is 98.0 Å². The molecule has 0 fully saturated rings. The quantitative estimate of drug-likeness (QED) is 0.721. The standard InChI is InChI=1S/C13H22N2O/c1-3-12-13(8-7-11(2)15-12)16-10-6-4-5-9-14/h7-8H,3-6,9-10,14H2,1-2H3. The summed E-state index contributed by atoms with van der Waals surface area (Å²) in [6.45, 7) is 5.64. The number of unbranched alkanes of at least 4 members (excludes halogenated alkanes) is 2. The number of ether oxygens (including phenoxy) is 1. The van der Waals surface area contributed by atoms with Gasteiger partial charge < -0.3 is 10.5 Å². The molecule has 3 nitrogen and oxygen atoms in total. The summed E-state index contributed by atoms with van der Waals surface area (Å²) in [5, 5.41) is 0. The van der Waals surface area contributed by atoms with Crippen molar-refractivity contribution in [1.29, 1.82) is 0 Å². The topological polar surface area (TPSA) is 48.1 Å². The van der Waals surface area contributed by atoms with Crippen molar-refractivity contribution in [3.05, 3.63) is 23.5 Å². The molecule has 90 valence electrons. The Morgan fingerprint density at radius 2 is 2.06 bits per heavy atom. The van der Waals surface area contributed by atoms with Crippen LogP contribution in [0, 0.1) is 6.92 Å². The molecule has 1 aromatic rings. The van der Waals surface area contributed by atoms with Crippen LogP contribution in [-0.4, -0.2) is 18.1 Å². The predicted molar refractivity (Wildman–Crippen MR) is 66.8 cm³/mol. The van der Waals surface area contributed by atoms with Gasteiger partial charge in [-0.25, -0.2) is 0 Å². The zero-order valence-electron chi connectivity index (χ0n) is 10.3. The molecule has 0 bridgehead atoms. The van der Waals surface area contributed by atoms with E-state index in [1.54, 1.807) is 0 Å². The Balaban J connectivity index is 2.41. The Morgan fingerprint density at radius 3 is 2.75 bits per heavy atom. The lowest BCUT2D eigenvalue weighted by Crippen LogP contribution is -2.04. The number of rotatable bonds is 7. The van der Waals surface area contributed by atoms with Gasteiger partial charge in [0.15, 0.2) is 0 Å². The SMILES string of the molecule is CCc1nc(C)ccc1OCCCCCN. The van der Waals surface area contributed by atoms with E-state index in [9.17, 15) is 0 Å². The van der Waals surface area contributed by atoms with Gasteiger partial charge in [0.25, 0.3) is 0 Å². The van der Waals surface area contributed by atoms with E-state index in [0.717, 1.165) is 56.0 Å². The molecule has 1 rings (SSSR count). The van der Waals surface area contributed by atoms with Gasteiger partial charge in [0.2, 0.25) is 0 Å². The van der Waals surface area contributed by atoms with Gasteiger partial charge in [0.05, 0.1) is 12.3 Å². The largest absolute Gasteiger partial charge is 0.492 e. The lowest BCUT2D eigenvalue weighted by atomic mass is 10.2. The third-order valence-corrected chi connectivity index (χ3v) is 2.51. The average molecular weight is 222 g/mol. The van der Waals surface area contributed by atoms with Gasteiger partial charge in [-0.2, -0.15) is 0 Å². The molecule has 16 heavy (non-hydrogen) atoms. The Kier molecular flexibility index (Phi) is 5.86. The van der Waals surface area contributed by atoms with E-state index in [1.807, 2.05) is 19.1 Å². The van der Waals surface area contributed by atoms with E-state index in [4.69, 9.17) is 10.5 Å². The molecule has 0 unspecified atom stereocenters. The van der Waals surface area contributed by atoms with E-state index in [0.29, 0.717) is 0 Å². The van der Waals surface area contributed by atoms with Gasteiger partial charge in [-0.05, 0) is 51.3 Å². The summed E-state index contributed by atoms with van der Waals surface area (Å²) in [5.74, 6) is 0.931. The third-order valence-electron chi connectivity index (χ3n) is 2.51. The Bertz CT molecular complexity index is 313. The van der Waals surface area contributed by atoms with Crippen molar-refractivity contribution in [3.8, 4) is 5.75 Å². The minimum Gasteiger partial charge on any atom is -0.492 e. The van der Waals surface area contributed by atoms with Gasteiger partial charge >= 0.3 is 0 Å². The highest BCUT2D eigenvalue weighted by atomic mass is 16.5. The number of hydrogen-bond acceptors (Lipinski definition) is 3. The van der Waals surface area contributed by atoms with Crippen LogP contribution in [0.5, 0.6) is 5.75 Å².